The molecule has 71 heavy (non-hydrogen) atoms. The number of amides is 6. The van der Waals surface area contributed by atoms with Gasteiger partial charge in [-0.25, -0.2) is 9.59 Å². The number of benzene rings is 4. The average molecular weight is 1010 g/mol. The Kier molecular flexibility index (Phi) is 23.2. The molecule has 0 aliphatic carbocycles. The number of likely N-dealkylation sites (tertiary alicyclic amines) is 3. The summed E-state index contributed by atoms with van der Waals surface area (Å²) in [5.74, 6) is 0.185. The number of nitrogens with one attached hydrogen (secondary N) is 1. The third-order valence-corrected chi connectivity index (χ3v) is 14.4. The van der Waals surface area contributed by atoms with E-state index in [1.807, 2.05) is 96.3 Å². The quantitative estimate of drug-likeness (QED) is 0.160. The van der Waals surface area contributed by atoms with Gasteiger partial charge in [-0.3, -0.25) is 14.4 Å². The fourth-order valence-corrected chi connectivity index (χ4v) is 9.68. The molecule has 0 spiro atoms. The van der Waals surface area contributed by atoms with Crippen LogP contribution in [0.3, 0.4) is 0 Å². The van der Waals surface area contributed by atoms with E-state index in [-0.39, 0.29) is 95.7 Å². The van der Waals surface area contributed by atoms with Gasteiger partial charge in [0.15, 0.2) is 0 Å². The largest absolute Gasteiger partial charge is 0.337 e. The topological polar surface area (TPSA) is 120 Å². The summed E-state index contributed by atoms with van der Waals surface area (Å²) in [5.41, 5.74) is 8.24. The molecule has 4 atom stereocenters. The van der Waals surface area contributed by atoms with E-state index in [9.17, 15) is 24.0 Å². The number of ketones is 1. The zero-order valence-corrected chi connectivity index (χ0v) is 43.6. The second-order valence-electron chi connectivity index (χ2n) is 19.1. The number of hydrogen-bond donors (Lipinski definition) is 1. The van der Waals surface area contributed by atoms with Gasteiger partial charge in [0, 0.05) is 110 Å². The fourth-order valence-electron chi connectivity index (χ4n) is 9.68. The molecule has 0 saturated carbocycles. The number of hydrogen-bond acceptors (Lipinski definition) is 7. The van der Waals surface area contributed by atoms with E-state index in [1.165, 1.54) is 11.1 Å². The van der Waals surface area contributed by atoms with E-state index >= 15 is 0 Å². The van der Waals surface area contributed by atoms with Gasteiger partial charge in [0.25, 0.3) is 11.8 Å². The van der Waals surface area contributed by atoms with Crippen molar-refractivity contribution >= 4 is 56.7 Å². The molecule has 4 aromatic rings. The summed E-state index contributed by atoms with van der Waals surface area (Å²) in [7, 11) is 7.44. The number of aryl methyl sites for hydroxylation is 2. The minimum absolute atomic E-state index is 0. The third-order valence-electron chi connectivity index (χ3n) is 14.4. The van der Waals surface area contributed by atoms with Crippen LogP contribution in [0, 0.1) is 13.8 Å². The summed E-state index contributed by atoms with van der Waals surface area (Å²) in [6.07, 6.45) is 4.07. The van der Waals surface area contributed by atoms with Crippen LogP contribution in [-0.2, 0) is 4.79 Å². The Bertz CT molecular complexity index is 2350. The van der Waals surface area contributed by atoms with E-state index in [4.69, 9.17) is 0 Å². The molecule has 4 fully saturated rings. The number of Topliss-reactive ketones (excluding diaryl/α,β-unsaturated/α-hetero) is 1. The van der Waals surface area contributed by atoms with Crippen LogP contribution in [0.4, 0.5) is 9.59 Å². The molecular formula is C56H82N8O5S2. The number of urea groups is 2. The zero-order valence-electron chi connectivity index (χ0n) is 41.6. The highest BCUT2D eigenvalue weighted by atomic mass is 32.1. The molecule has 13 nitrogen and oxygen atoms in total. The Hall–Kier alpha value is -5.35. The molecule has 6 amide bonds. The number of carbonyl (C=O) groups is 5. The molecule has 4 saturated heterocycles. The van der Waals surface area contributed by atoms with Gasteiger partial charge < -0.3 is 39.6 Å². The van der Waals surface area contributed by atoms with Gasteiger partial charge in [-0.2, -0.15) is 27.0 Å². The van der Waals surface area contributed by atoms with Crippen molar-refractivity contribution in [1.29, 1.82) is 0 Å². The smallest absolute Gasteiger partial charge is 0.320 e. The summed E-state index contributed by atoms with van der Waals surface area (Å²) in [5, 5.41) is 3.31. The lowest BCUT2D eigenvalue weighted by atomic mass is 10.0. The second-order valence-corrected chi connectivity index (χ2v) is 19.1. The Labute approximate surface area is 438 Å². The Morgan fingerprint density at radius 3 is 1.25 bits per heavy atom. The fraction of sp³-hybridized carbons (Fsp3) is 0.482. The number of rotatable bonds is 11. The molecule has 4 aliphatic heterocycles. The Balaban J connectivity index is 0.000000358. The van der Waals surface area contributed by atoms with Crippen molar-refractivity contribution in [3.05, 3.63) is 119 Å². The van der Waals surface area contributed by atoms with Gasteiger partial charge in [0.05, 0.1) is 12.1 Å². The maximum Gasteiger partial charge on any atom is 0.320 e. The predicted molar refractivity (Wildman–Crippen MR) is 299 cm³/mol. The van der Waals surface area contributed by atoms with Crippen LogP contribution in [0.2, 0.25) is 0 Å². The molecule has 15 heteroatoms. The standard InChI is InChI=1S/C29H38N4O3.C25H32N4O2.2CH4.2H2S/c1-21-5-7-23(8-6-21)24-9-11-25(12-10-24)28(35)30(3)27-15-18-33(20-27)29(36)31(4)26-14-17-32(19-26)16-13-22(2)34;1-18-4-6-19(7-5-18)20-8-10-21(11-9-20)24(30)27(2)23-13-15-29(17-23)25(31)28(3)22-12-14-26-16-22;;;;/h5-12,26-27H,13-20H2,1-4H3;4-11,22-23,26H,12-17H2,1-3H3;2*1H4;2*1H2/t26?,27-;22?,23-;;;;/m00..../s1. The van der Waals surface area contributed by atoms with Crippen LogP contribution in [0.15, 0.2) is 97.1 Å². The summed E-state index contributed by atoms with van der Waals surface area (Å²) in [4.78, 5) is 76.8. The summed E-state index contributed by atoms with van der Waals surface area (Å²) in [6, 6.07) is 32.9. The lowest BCUT2D eigenvalue weighted by Gasteiger charge is -2.30. The van der Waals surface area contributed by atoms with Crippen LogP contribution in [-0.4, -0.2) is 175 Å². The Morgan fingerprint density at radius 2 is 0.873 bits per heavy atom. The molecule has 2 unspecified atom stereocenters. The van der Waals surface area contributed by atoms with E-state index < -0.39 is 0 Å². The average Bonchev–Trinajstić information content (AvgIpc) is 4.21. The lowest BCUT2D eigenvalue weighted by molar-refractivity contribution is -0.117. The molecule has 0 aromatic heterocycles. The van der Waals surface area contributed by atoms with E-state index in [0.29, 0.717) is 43.7 Å². The highest BCUT2D eigenvalue weighted by Crippen LogP contribution is 2.26. The van der Waals surface area contributed by atoms with Gasteiger partial charge in [-0.05, 0) is 99.5 Å². The van der Waals surface area contributed by atoms with E-state index in [0.717, 1.165) is 80.7 Å². The second kappa shape index (κ2) is 27.5. The highest BCUT2D eigenvalue weighted by molar-refractivity contribution is 7.59. The van der Waals surface area contributed by atoms with Gasteiger partial charge in [0.1, 0.15) is 5.78 Å². The van der Waals surface area contributed by atoms with Crippen LogP contribution in [0.1, 0.15) is 85.7 Å². The maximum absolute atomic E-state index is 13.2. The molecule has 1 N–H and O–H groups in total. The SMILES string of the molecule is C.C.CC(=O)CCN1CCC(N(C)C(=O)N2CC[C@H](N(C)C(=O)c3ccc(-c4ccc(C)cc4)cc3)C2)C1.Cc1ccc(-c2ccc(C(=O)N(C)[C@H]3CCN(C(=O)N(C)C4CCNC4)C3)cc2)cc1.S.S. The van der Waals surface area contributed by atoms with Crippen LogP contribution < -0.4 is 5.32 Å². The van der Waals surface area contributed by atoms with Crippen LogP contribution in [0.5, 0.6) is 0 Å². The molecule has 4 aromatic carbocycles. The number of likely N-dealkylation sites (N-methyl/N-ethyl adjacent to an activating group) is 4. The van der Waals surface area contributed by atoms with Crippen molar-refractivity contribution in [2.75, 3.05) is 87.1 Å². The first-order chi connectivity index (χ1) is 32.2. The number of carbonyl (C=O) groups excluding carboxylic acids is 5. The Morgan fingerprint density at radius 1 is 0.507 bits per heavy atom. The predicted octanol–water partition coefficient (Wildman–Crippen LogP) is 8.63. The zero-order chi connectivity index (χ0) is 47.8. The van der Waals surface area contributed by atoms with Gasteiger partial charge in [0.2, 0.25) is 0 Å². The van der Waals surface area contributed by atoms with E-state index in [2.05, 4.69) is 72.6 Å². The minimum Gasteiger partial charge on any atom is -0.337 e. The van der Waals surface area contributed by atoms with Crippen molar-refractivity contribution < 1.29 is 24.0 Å². The van der Waals surface area contributed by atoms with Gasteiger partial charge in [-0.15, -0.1) is 0 Å². The number of nitrogens with zero attached hydrogens (tertiary/aromatic N) is 7. The highest BCUT2D eigenvalue weighted by Gasteiger charge is 2.37. The molecule has 388 valence electrons. The molecule has 0 bridgehead atoms. The summed E-state index contributed by atoms with van der Waals surface area (Å²) >= 11 is 0. The van der Waals surface area contributed by atoms with E-state index in [1.54, 1.807) is 16.7 Å². The van der Waals surface area contributed by atoms with Crippen molar-refractivity contribution in [2.45, 2.75) is 91.9 Å². The lowest BCUT2D eigenvalue weighted by Crippen LogP contribution is -2.47. The van der Waals surface area contributed by atoms with Crippen molar-refractivity contribution in [3.63, 3.8) is 0 Å². The van der Waals surface area contributed by atoms with Gasteiger partial charge >= 0.3 is 12.1 Å². The third kappa shape index (κ3) is 15.1. The van der Waals surface area contributed by atoms with Crippen molar-refractivity contribution in [1.82, 2.24) is 39.6 Å². The summed E-state index contributed by atoms with van der Waals surface area (Å²) in [6.45, 7) is 12.6. The molecule has 4 heterocycles. The monoisotopic (exact) mass is 1010 g/mol. The normalized spacial score (nSPS) is 19.1. The molecule has 8 rings (SSSR count). The maximum atomic E-state index is 13.2. The van der Waals surface area contributed by atoms with Crippen LogP contribution in [0.25, 0.3) is 22.3 Å². The first kappa shape index (κ1) is 60.0. The van der Waals surface area contributed by atoms with Gasteiger partial charge in [-0.1, -0.05) is 98.8 Å². The summed E-state index contributed by atoms with van der Waals surface area (Å²) < 4.78 is 0. The first-order valence-corrected chi connectivity index (χ1v) is 24.0. The molecule has 0 radical (unpaired) electrons. The van der Waals surface area contributed by atoms with Crippen molar-refractivity contribution in [3.8, 4) is 22.3 Å². The minimum atomic E-state index is -0.0185. The molecular weight excluding hydrogens is 929 g/mol. The van der Waals surface area contributed by atoms with Crippen LogP contribution >= 0.6 is 27.0 Å². The molecule has 4 aliphatic rings. The van der Waals surface area contributed by atoms with Crippen molar-refractivity contribution in [2.24, 2.45) is 0 Å². The first-order valence-electron chi connectivity index (χ1n) is 24.0.